The van der Waals surface area contributed by atoms with Gasteiger partial charge in [0.25, 0.3) is 0 Å². The summed E-state index contributed by atoms with van der Waals surface area (Å²) < 4.78 is 0. The average molecular weight is 252 g/mol. The predicted octanol–water partition coefficient (Wildman–Crippen LogP) is 2.12. The zero-order valence-electron chi connectivity index (χ0n) is 10.8. The molecule has 2 unspecified atom stereocenters. The van der Waals surface area contributed by atoms with E-state index >= 15 is 0 Å². The van der Waals surface area contributed by atoms with E-state index in [1.54, 1.807) is 11.9 Å². The van der Waals surface area contributed by atoms with Crippen LogP contribution in [0.15, 0.2) is 54.6 Å². The second kappa shape index (κ2) is 4.52. The second-order valence-corrected chi connectivity index (χ2v) is 4.87. The zero-order chi connectivity index (χ0) is 13.4. The van der Waals surface area contributed by atoms with E-state index in [-0.39, 0.29) is 11.8 Å². The Balaban J connectivity index is 2.19. The van der Waals surface area contributed by atoms with Crippen molar-refractivity contribution in [2.75, 3.05) is 11.9 Å². The number of benzene rings is 2. The molecule has 96 valence electrons. The molecule has 0 spiro atoms. The first-order valence-corrected chi connectivity index (χ1v) is 6.37. The van der Waals surface area contributed by atoms with Gasteiger partial charge in [-0.15, -0.1) is 0 Å². The van der Waals surface area contributed by atoms with Gasteiger partial charge in [0.1, 0.15) is 0 Å². The highest BCUT2D eigenvalue weighted by molar-refractivity contribution is 6.01. The van der Waals surface area contributed by atoms with Gasteiger partial charge >= 0.3 is 0 Å². The molecule has 3 heteroatoms. The molecule has 1 amide bonds. The van der Waals surface area contributed by atoms with Crippen LogP contribution < -0.4 is 10.6 Å². The molecule has 0 bridgehead atoms. The molecule has 2 aromatic carbocycles. The lowest BCUT2D eigenvalue weighted by molar-refractivity contribution is -0.120. The van der Waals surface area contributed by atoms with Crippen molar-refractivity contribution in [2.45, 2.75) is 12.0 Å². The van der Waals surface area contributed by atoms with Crippen molar-refractivity contribution in [3.8, 4) is 0 Å². The van der Waals surface area contributed by atoms with Crippen molar-refractivity contribution in [2.24, 2.45) is 5.73 Å². The Morgan fingerprint density at radius 2 is 1.63 bits per heavy atom. The van der Waals surface area contributed by atoms with Gasteiger partial charge in [-0.2, -0.15) is 0 Å². The Morgan fingerprint density at radius 1 is 1.00 bits per heavy atom. The van der Waals surface area contributed by atoms with Crippen molar-refractivity contribution in [1.29, 1.82) is 0 Å². The first-order valence-electron chi connectivity index (χ1n) is 6.37. The van der Waals surface area contributed by atoms with Crippen molar-refractivity contribution >= 4 is 11.6 Å². The lowest BCUT2D eigenvalue weighted by Gasteiger charge is -2.36. The standard InChI is InChI=1S/C16H16N2O/c1-18-13-10-6-5-9-12(13)14(15(17)16(18)19)11-7-3-2-4-8-11/h2-10,14-15H,17H2,1H3. The van der Waals surface area contributed by atoms with Gasteiger partial charge < -0.3 is 10.6 Å². The lowest BCUT2D eigenvalue weighted by Crippen LogP contribution is -2.49. The van der Waals surface area contributed by atoms with Gasteiger partial charge in [-0.05, 0) is 17.2 Å². The summed E-state index contributed by atoms with van der Waals surface area (Å²) in [5.41, 5.74) is 9.32. The maximum absolute atomic E-state index is 12.3. The van der Waals surface area contributed by atoms with Crippen LogP contribution in [0, 0.1) is 0 Å². The molecular formula is C16H16N2O. The Morgan fingerprint density at radius 3 is 2.37 bits per heavy atom. The summed E-state index contributed by atoms with van der Waals surface area (Å²) in [7, 11) is 1.78. The summed E-state index contributed by atoms with van der Waals surface area (Å²) in [5.74, 6) is -0.103. The van der Waals surface area contributed by atoms with Crippen LogP contribution >= 0.6 is 0 Å². The highest BCUT2D eigenvalue weighted by Crippen LogP contribution is 2.38. The number of likely N-dealkylation sites (N-methyl/N-ethyl adjacent to an activating group) is 1. The Bertz CT molecular complexity index is 609. The smallest absolute Gasteiger partial charge is 0.244 e. The number of para-hydroxylation sites is 1. The summed E-state index contributed by atoms with van der Waals surface area (Å²) in [6, 6.07) is 17.4. The maximum atomic E-state index is 12.3. The van der Waals surface area contributed by atoms with Crippen LogP contribution in [-0.4, -0.2) is 19.0 Å². The third-order valence-corrected chi connectivity index (χ3v) is 3.77. The highest BCUT2D eigenvalue weighted by Gasteiger charge is 2.36. The number of anilines is 1. The molecule has 0 aliphatic carbocycles. The number of hydrogen-bond acceptors (Lipinski definition) is 2. The van der Waals surface area contributed by atoms with Gasteiger partial charge in [0.15, 0.2) is 0 Å². The van der Waals surface area contributed by atoms with Crippen LogP contribution in [0.25, 0.3) is 0 Å². The van der Waals surface area contributed by atoms with Crippen LogP contribution in [0.2, 0.25) is 0 Å². The van der Waals surface area contributed by atoms with Gasteiger partial charge in [-0.25, -0.2) is 0 Å². The minimum Gasteiger partial charge on any atom is -0.319 e. The van der Waals surface area contributed by atoms with Gasteiger partial charge in [-0.3, -0.25) is 4.79 Å². The van der Waals surface area contributed by atoms with E-state index in [0.717, 1.165) is 16.8 Å². The fourth-order valence-electron chi connectivity index (χ4n) is 2.78. The minimum absolute atomic E-state index is 0.0347. The molecule has 1 aliphatic heterocycles. The Labute approximate surface area is 112 Å². The molecule has 19 heavy (non-hydrogen) atoms. The zero-order valence-corrected chi connectivity index (χ0v) is 10.8. The number of carbonyl (C=O) groups is 1. The van der Waals surface area contributed by atoms with Crippen LogP contribution in [0.1, 0.15) is 17.0 Å². The number of rotatable bonds is 1. The number of fused-ring (bicyclic) bond motifs is 1. The molecule has 0 aromatic heterocycles. The lowest BCUT2D eigenvalue weighted by atomic mass is 9.81. The van der Waals surface area contributed by atoms with Crippen LogP contribution in [-0.2, 0) is 4.79 Å². The second-order valence-electron chi connectivity index (χ2n) is 4.87. The van der Waals surface area contributed by atoms with Gasteiger partial charge in [-0.1, -0.05) is 48.5 Å². The quantitative estimate of drug-likeness (QED) is 0.845. The first-order chi connectivity index (χ1) is 9.20. The van der Waals surface area contributed by atoms with E-state index < -0.39 is 6.04 Å². The SMILES string of the molecule is CN1C(=O)C(N)C(c2ccccc2)c2ccccc21. The monoisotopic (exact) mass is 252 g/mol. The molecule has 0 fully saturated rings. The van der Waals surface area contributed by atoms with Crippen LogP contribution in [0.5, 0.6) is 0 Å². The van der Waals surface area contributed by atoms with Gasteiger partial charge in [0.05, 0.1) is 6.04 Å². The number of carbonyl (C=O) groups excluding carboxylic acids is 1. The third kappa shape index (κ3) is 1.83. The summed E-state index contributed by atoms with van der Waals surface area (Å²) in [6.07, 6.45) is 0. The van der Waals surface area contributed by atoms with Crippen molar-refractivity contribution in [3.63, 3.8) is 0 Å². The molecule has 1 aliphatic rings. The normalized spacial score (nSPS) is 22.2. The van der Waals surface area contributed by atoms with Crippen LogP contribution in [0.3, 0.4) is 0 Å². The topological polar surface area (TPSA) is 46.3 Å². The number of amides is 1. The fourth-order valence-corrected chi connectivity index (χ4v) is 2.78. The average Bonchev–Trinajstić information content (AvgIpc) is 2.46. The summed E-state index contributed by atoms with van der Waals surface area (Å²) >= 11 is 0. The Kier molecular flexibility index (Phi) is 2.84. The largest absolute Gasteiger partial charge is 0.319 e. The molecule has 0 saturated carbocycles. The van der Waals surface area contributed by atoms with E-state index in [2.05, 4.69) is 6.07 Å². The molecule has 0 saturated heterocycles. The van der Waals surface area contributed by atoms with Crippen molar-refractivity contribution in [3.05, 3.63) is 65.7 Å². The molecule has 0 radical (unpaired) electrons. The van der Waals surface area contributed by atoms with E-state index in [9.17, 15) is 4.79 Å². The highest BCUT2D eigenvalue weighted by atomic mass is 16.2. The fraction of sp³-hybridized carbons (Fsp3) is 0.188. The maximum Gasteiger partial charge on any atom is 0.244 e. The van der Waals surface area contributed by atoms with Crippen molar-refractivity contribution in [1.82, 2.24) is 0 Å². The van der Waals surface area contributed by atoms with Crippen LogP contribution in [0.4, 0.5) is 5.69 Å². The third-order valence-electron chi connectivity index (χ3n) is 3.77. The summed E-state index contributed by atoms with van der Waals surface area (Å²) in [4.78, 5) is 13.9. The van der Waals surface area contributed by atoms with E-state index in [1.165, 1.54) is 0 Å². The summed E-state index contributed by atoms with van der Waals surface area (Å²) in [6.45, 7) is 0. The number of nitrogens with two attached hydrogens (primary N) is 1. The van der Waals surface area contributed by atoms with E-state index in [4.69, 9.17) is 5.73 Å². The minimum atomic E-state index is -0.526. The number of nitrogens with zero attached hydrogens (tertiary/aromatic N) is 1. The molecule has 2 N–H and O–H groups in total. The molecule has 2 aromatic rings. The number of hydrogen-bond donors (Lipinski definition) is 1. The van der Waals surface area contributed by atoms with E-state index in [1.807, 2.05) is 48.5 Å². The van der Waals surface area contributed by atoms with Gasteiger partial charge in [0.2, 0.25) is 5.91 Å². The first kappa shape index (κ1) is 11.9. The molecule has 1 heterocycles. The van der Waals surface area contributed by atoms with Gasteiger partial charge in [0, 0.05) is 18.7 Å². The molecule has 3 nitrogen and oxygen atoms in total. The molecular weight excluding hydrogens is 236 g/mol. The predicted molar refractivity (Wildman–Crippen MR) is 76.1 cm³/mol. The van der Waals surface area contributed by atoms with E-state index in [0.29, 0.717) is 0 Å². The molecule has 3 rings (SSSR count). The van der Waals surface area contributed by atoms with Crippen molar-refractivity contribution < 1.29 is 4.79 Å². The Hall–Kier alpha value is -2.13. The molecule has 2 atom stereocenters. The summed E-state index contributed by atoms with van der Waals surface area (Å²) in [5, 5.41) is 0.